The molecule has 0 bridgehead atoms. The van der Waals surface area contributed by atoms with Gasteiger partial charge < -0.3 is 14.3 Å². The summed E-state index contributed by atoms with van der Waals surface area (Å²) in [6.45, 7) is 2.82. The molecular formula is C18H16N6O3. The molecule has 0 saturated heterocycles. The minimum absolute atomic E-state index is 0.0919. The fraction of sp³-hybridized carbons (Fsp3) is 0.167. The van der Waals surface area contributed by atoms with Gasteiger partial charge in [-0.25, -0.2) is 0 Å². The monoisotopic (exact) mass is 364 g/mol. The number of hydrogen-bond acceptors (Lipinski definition) is 7. The fourth-order valence-corrected chi connectivity index (χ4v) is 2.45. The van der Waals surface area contributed by atoms with Crippen LogP contribution in [-0.4, -0.2) is 31.0 Å². The van der Waals surface area contributed by atoms with E-state index < -0.39 is 5.91 Å². The van der Waals surface area contributed by atoms with E-state index in [1.54, 1.807) is 16.9 Å². The summed E-state index contributed by atoms with van der Waals surface area (Å²) in [6.07, 6.45) is 3.49. The van der Waals surface area contributed by atoms with Crippen LogP contribution in [0, 0.1) is 0 Å². The number of nitrogens with one attached hydrogen (secondary N) is 1. The molecule has 3 heterocycles. The summed E-state index contributed by atoms with van der Waals surface area (Å²) in [5, 5.41) is 18.6. The highest BCUT2D eigenvalue weighted by molar-refractivity contribution is 5.92. The predicted octanol–water partition coefficient (Wildman–Crippen LogP) is 2.54. The van der Waals surface area contributed by atoms with Crippen LogP contribution in [-0.2, 0) is 13.1 Å². The molecule has 0 aliphatic carbocycles. The van der Waals surface area contributed by atoms with Crippen LogP contribution in [0.1, 0.15) is 23.3 Å². The van der Waals surface area contributed by atoms with E-state index in [0.29, 0.717) is 17.5 Å². The largest absolute Gasteiger partial charge is 0.419 e. The third kappa shape index (κ3) is 3.61. The molecule has 0 aliphatic heterocycles. The second-order valence-electron chi connectivity index (χ2n) is 5.71. The summed E-state index contributed by atoms with van der Waals surface area (Å²) in [4.78, 5) is 12.3. The van der Waals surface area contributed by atoms with E-state index in [9.17, 15) is 4.79 Å². The van der Waals surface area contributed by atoms with E-state index >= 15 is 0 Å². The molecule has 4 rings (SSSR count). The van der Waals surface area contributed by atoms with Crippen molar-refractivity contribution in [3.8, 4) is 22.8 Å². The van der Waals surface area contributed by atoms with Gasteiger partial charge in [0.15, 0.2) is 11.5 Å². The average molecular weight is 364 g/mol. The molecule has 0 saturated carbocycles. The quantitative estimate of drug-likeness (QED) is 0.559. The van der Waals surface area contributed by atoms with E-state index in [4.69, 9.17) is 8.94 Å². The Balaban J connectivity index is 1.39. The van der Waals surface area contributed by atoms with Crippen LogP contribution in [0.3, 0.4) is 0 Å². The maximum Gasteiger partial charge on any atom is 0.273 e. The van der Waals surface area contributed by atoms with Crippen molar-refractivity contribution < 1.29 is 13.7 Å². The van der Waals surface area contributed by atoms with Crippen LogP contribution in [0.2, 0.25) is 0 Å². The van der Waals surface area contributed by atoms with E-state index in [1.807, 2.05) is 43.5 Å². The molecule has 1 N–H and O–H groups in total. The molecule has 0 spiro atoms. The van der Waals surface area contributed by atoms with Gasteiger partial charge in [0.1, 0.15) is 0 Å². The molecule has 136 valence electrons. The standard InChI is InChI=1S/C18H16N6O3/c1-2-24-11-13(9-20-24)15-8-14(23-27-15)17(25)19-10-16-21-22-18(26-16)12-6-4-3-5-7-12/h3-9,11H,2,10H2,1H3,(H,19,25). The Labute approximate surface area is 154 Å². The van der Waals surface area contributed by atoms with Gasteiger partial charge in [0.25, 0.3) is 5.91 Å². The first kappa shape index (κ1) is 16.7. The Kier molecular flexibility index (Phi) is 4.48. The van der Waals surface area contributed by atoms with Crippen LogP contribution in [0.5, 0.6) is 0 Å². The number of amides is 1. The number of aryl methyl sites for hydroxylation is 1. The molecule has 0 fully saturated rings. The van der Waals surface area contributed by atoms with E-state index in [-0.39, 0.29) is 12.2 Å². The molecule has 9 heteroatoms. The van der Waals surface area contributed by atoms with Crippen LogP contribution in [0.4, 0.5) is 0 Å². The first-order valence-electron chi connectivity index (χ1n) is 8.38. The Morgan fingerprint density at radius 2 is 2.04 bits per heavy atom. The summed E-state index contributed by atoms with van der Waals surface area (Å²) in [6, 6.07) is 11.0. The second-order valence-corrected chi connectivity index (χ2v) is 5.71. The van der Waals surface area contributed by atoms with Gasteiger partial charge in [-0.1, -0.05) is 23.4 Å². The van der Waals surface area contributed by atoms with Crippen LogP contribution in [0.15, 0.2) is 57.7 Å². The normalized spacial score (nSPS) is 10.9. The zero-order valence-electron chi connectivity index (χ0n) is 14.5. The minimum atomic E-state index is -0.396. The van der Waals surface area contributed by atoms with E-state index in [0.717, 1.165) is 17.7 Å². The summed E-state index contributed by atoms with van der Waals surface area (Å²) >= 11 is 0. The molecule has 27 heavy (non-hydrogen) atoms. The van der Waals surface area contributed by atoms with Gasteiger partial charge in [0.05, 0.1) is 18.3 Å². The molecule has 1 amide bonds. The third-order valence-corrected chi connectivity index (χ3v) is 3.87. The number of nitrogens with zero attached hydrogens (tertiary/aromatic N) is 5. The molecular weight excluding hydrogens is 348 g/mol. The van der Waals surface area contributed by atoms with Crippen molar-refractivity contribution in [2.45, 2.75) is 20.0 Å². The Morgan fingerprint density at radius 3 is 2.81 bits per heavy atom. The van der Waals surface area contributed by atoms with Gasteiger partial charge in [-0.3, -0.25) is 9.48 Å². The first-order valence-corrected chi connectivity index (χ1v) is 8.38. The van der Waals surface area contributed by atoms with Gasteiger partial charge in [-0.15, -0.1) is 10.2 Å². The van der Waals surface area contributed by atoms with Gasteiger partial charge in [0, 0.05) is 24.4 Å². The molecule has 9 nitrogen and oxygen atoms in total. The highest BCUT2D eigenvalue weighted by atomic mass is 16.5. The smallest absolute Gasteiger partial charge is 0.273 e. The predicted molar refractivity (Wildman–Crippen MR) is 94.3 cm³/mol. The lowest BCUT2D eigenvalue weighted by molar-refractivity contribution is 0.0938. The van der Waals surface area contributed by atoms with Crippen molar-refractivity contribution in [3.63, 3.8) is 0 Å². The second kappa shape index (κ2) is 7.24. The lowest BCUT2D eigenvalue weighted by Crippen LogP contribution is -2.23. The zero-order valence-corrected chi connectivity index (χ0v) is 14.5. The van der Waals surface area contributed by atoms with Crippen molar-refractivity contribution in [3.05, 3.63) is 60.4 Å². The number of carbonyl (C=O) groups is 1. The van der Waals surface area contributed by atoms with Gasteiger partial charge in [-0.2, -0.15) is 5.10 Å². The molecule has 0 aliphatic rings. The van der Waals surface area contributed by atoms with Crippen molar-refractivity contribution in [1.29, 1.82) is 0 Å². The highest BCUT2D eigenvalue weighted by Gasteiger charge is 2.16. The van der Waals surface area contributed by atoms with Gasteiger partial charge in [0.2, 0.25) is 11.8 Å². The first-order chi connectivity index (χ1) is 13.2. The highest BCUT2D eigenvalue weighted by Crippen LogP contribution is 2.20. The third-order valence-electron chi connectivity index (χ3n) is 3.87. The molecule has 3 aromatic heterocycles. The number of carbonyl (C=O) groups excluding carboxylic acids is 1. The molecule has 0 unspecified atom stereocenters. The van der Waals surface area contributed by atoms with Gasteiger partial charge in [-0.05, 0) is 19.1 Å². The Hall–Kier alpha value is -3.75. The van der Waals surface area contributed by atoms with Crippen molar-refractivity contribution in [2.24, 2.45) is 0 Å². The maximum atomic E-state index is 12.3. The lowest BCUT2D eigenvalue weighted by Gasteiger charge is -1.97. The van der Waals surface area contributed by atoms with Crippen LogP contribution < -0.4 is 5.32 Å². The van der Waals surface area contributed by atoms with Gasteiger partial charge >= 0.3 is 0 Å². The Bertz CT molecular complexity index is 1050. The SMILES string of the molecule is CCn1cc(-c2cc(C(=O)NCc3nnc(-c4ccccc4)o3)no2)cn1. The summed E-state index contributed by atoms with van der Waals surface area (Å²) < 4.78 is 12.5. The maximum absolute atomic E-state index is 12.3. The van der Waals surface area contributed by atoms with Crippen molar-refractivity contribution >= 4 is 5.91 Å². The topological polar surface area (TPSA) is 112 Å². The zero-order chi connectivity index (χ0) is 18.6. The number of rotatable bonds is 6. The number of benzene rings is 1. The Morgan fingerprint density at radius 1 is 1.19 bits per heavy atom. The lowest BCUT2D eigenvalue weighted by atomic mass is 10.2. The van der Waals surface area contributed by atoms with Crippen molar-refractivity contribution in [2.75, 3.05) is 0 Å². The summed E-state index contributed by atoms with van der Waals surface area (Å²) in [7, 11) is 0. The molecule has 4 aromatic rings. The number of aromatic nitrogens is 5. The molecule has 0 atom stereocenters. The fourth-order valence-electron chi connectivity index (χ4n) is 2.45. The number of hydrogen-bond donors (Lipinski definition) is 1. The van der Waals surface area contributed by atoms with Crippen molar-refractivity contribution in [1.82, 2.24) is 30.5 Å². The molecule has 0 radical (unpaired) electrons. The summed E-state index contributed by atoms with van der Waals surface area (Å²) in [5.74, 6) is 0.781. The van der Waals surface area contributed by atoms with Crippen LogP contribution >= 0.6 is 0 Å². The van der Waals surface area contributed by atoms with E-state index in [1.165, 1.54) is 0 Å². The minimum Gasteiger partial charge on any atom is -0.419 e. The van der Waals surface area contributed by atoms with E-state index in [2.05, 4.69) is 25.8 Å². The molecule has 1 aromatic carbocycles. The summed E-state index contributed by atoms with van der Waals surface area (Å²) in [5.41, 5.74) is 1.74. The average Bonchev–Trinajstić information content (AvgIpc) is 3.46. The van der Waals surface area contributed by atoms with Crippen LogP contribution in [0.25, 0.3) is 22.8 Å².